The Kier molecular flexibility index (Phi) is 5.54. The van der Waals surface area contributed by atoms with Gasteiger partial charge in [-0.15, -0.1) is 0 Å². The lowest BCUT2D eigenvalue weighted by Gasteiger charge is -2.23. The number of ether oxygens (including phenoxy) is 1. The molecule has 0 aliphatic heterocycles. The van der Waals surface area contributed by atoms with Crippen LogP contribution in [0.15, 0.2) is 41.0 Å². The normalized spacial score (nSPS) is 12.0. The van der Waals surface area contributed by atoms with Crippen LogP contribution >= 0.6 is 0 Å². The first-order valence-corrected chi connectivity index (χ1v) is 7.28. The van der Waals surface area contributed by atoms with Crippen LogP contribution in [0.3, 0.4) is 0 Å². The van der Waals surface area contributed by atoms with Crippen molar-refractivity contribution in [3.8, 4) is 5.75 Å². The molecule has 0 fully saturated rings. The molecule has 8 nitrogen and oxygen atoms in total. The number of anilines is 1. The van der Waals surface area contributed by atoms with E-state index in [1.807, 2.05) is 6.07 Å². The minimum atomic E-state index is -0.526. The van der Waals surface area contributed by atoms with Crippen molar-refractivity contribution in [1.82, 2.24) is 4.90 Å². The minimum absolute atomic E-state index is 0.123. The van der Waals surface area contributed by atoms with Gasteiger partial charge in [0.25, 0.3) is 5.69 Å². The summed E-state index contributed by atoms with van der Waals surface area (Å²) in [6.45, 7) is 2.20. The van der Waals surface area contributed by atoms with Crippen molar-refractivity contribution in [3.63, 3.8) is 0 Å². The molecule has 1 aromatic heterocycles. The van der Waals surface area contributed by atoms with Crippen LogP contribution in [-0.2, 0) is 11.3 Å². The maximum absolute atomic E-state index is 12.4. The SMILES string of the molecule is COc1ccc([N+](=O)[O-])cc1NC(=O)[C@H](C)N(C)Cc1ccco1. The van der Waals surface area contributed by atoms with Gasteiger partial charge < -0.3 is 14.5 Å². The predicted octanol–water partition coefficient (Wildman–Crippen LogP) is 2.66. The van der Waals surface area contributed by atoms with Crippen molar-refractivity contribution in [3.05, 3.63) is 52.5 Å². The van der Waals surface area contributed by atoms with Crippen LogP contribution in [0.2, 0.25) is 0 Å². The largest absolute Gasteiger partial charge is 0.495 e. The molecule has 0 radical (unpaired) electrons. The molecule has 0 saturated heterocycles. The number of carbonyl (C=O) groups is 1. The number of methoxy groups -OCH3 is 1. The van der Waals surface area contributed by atoms with Crippen molar-refractivity contribution in [2.24, 2.45) is 0 Å². The van der Waals surface area contributed by atoms with Crippen molar-refractivity contribution < 1.29 is 18.9 Å². The maximum Gasteiger partial charge on any atom is 0.271 e. The molecule has 128 valence electrons. The van der Waals surface area contributed by atoms with E-state index in [0.717, 1.165) is 5.76 Å². The summed E-state index contributed by atoms with van der Waals surface area (Å²) < 4.78 is 10.4. The van der Waals surface area contributed by atoms with E-state index in [4.69, 9.17) is 9.15 Å². The molecule has 0 saturated carbocycles. The van der Waals surface area contributed by atoms with Crippen molar-refractivity contribution in [2.45, 2.75) is 19.5 Å². The lowest BCUT2D eigenvalue weighted by molar-refractivity contribution is -0.384. The van der Waals surface area contributed by atoms with Crippen LogP contribution < -0.4 is 10.1 Å². The molecule has 0 aliphatic rings. The predicted molar refractivity (Wildman–Crippen MR) is 87.9 cm³/mol. The van der Waals surface area contributed by atoms with Gasteiger partial charge in [-0.1, -0.05) is 0 Å². The summed E-state index contributed by atoms with van der Waals surface area (Å²) in [5, 5.41) is 13.6. The molecule has 1 heterocycles. The maximum atomic E-state index is 12.4. The summed E-state index contributed by atoms with van der Waals surface area (Å²) in [4.78, 5) is 24.6. The second-order valence-electron chi connectivity index (χ2n) is 5.30. The Labute approximate surface area is 139 Å². The van der Waals surface area contributed by atoms with Crippen LogP contribution in [0.1, 0.15) is 12.7 Å². The second-order valence-corrected chi connectivity index (χ2v) is 5.30. The van der Waals surface area contributed by atoms with Gasteiger partial charge in [0.15, 0.2) is 0 Å². The molecule has 1 atom stereocenters. The van der Waals surface area contributed by atoms with Crippen LogP contribution in [0, 0.1) is 10.1 Å². The number of nitro groups is 1. The summed E-state index contributed by atoms with van der Waals surface area (Å²) in [5.74, 6) is 0.794. The zero-order valence-electron chi connectivity index (χ0n) is 13.7. The van der Waals surface area contributed by atoms with Crippen molar-refractivity contribution >= 4 is 17.3 Å². The molecule has 0 spiro atoms. The highest BCUT2D eigenvalue weighted by atomic mass is 16.6. The lowest BCUT2D eigenvalue weighted by Crippen LogP contribution is -2.39. The fourth-order valence-electron chi connectivity index (χ4n) is 2.13. The molecule has 1 N–H and O–H groups in total. The van der Waals surface area contributed by atoms with Gasteiger partial charge in [0.05, 0.1) is 36.6 Å². The average molecular weight is 333 g/mol. The third-order valence-corrected chi connectivity index (χ3v) is 3.68. The summed E-state index contributed by atoms with van der Waals surface area (Å²) in [6.07, 6.45) is 1.57. The number of likely N-dealkylation sites (N-methyl/N-ethyl adjacent to an activating group) is 1. The van der Waals surface area contributed by atoms with E-state index in [9.17, 15) is 14.9 Å². The average Bonchev–Trinajstić information content (AvgIpc) is 3.06. The third-order valence-electron chi connectivity index (χ3n) is 3.68. The van der Waals surface area contributed by atoms with Crippen LogP contribution in [0.4, 0.5) is 11.4 Å². The molecule has 0 bridgehead atoms. The monoisotopic (exact) mass is 333 g/mol. The highest BCUT2D eigenvalue weighted by Gasteiger charge is 2.21. The van der Waals surface area contributed by atoms with Crippen molar-refractivity contribution in [1.29, 1.82) is 0 Å². The molecule has 2 aromatic rings. The quantitative estimate of drug-likeness (QED) is 0.618. The van der Waals surface area contributed by atoms with Gasteiger partial charge in [-0.25, -0.2) is 0 Å². The van der Waals surface area contributed by atoms with Gasteiger partial charge in [-0.3, -0.25) is 19.8 Å². The number of furan rings is 1. The Morgan fingerprint density at radius 3 is 2.79 bits per heavy atom. The lowest BCUT2D eigenvalue weighted by atomic mass is 10.2. The number of nitrogens with zero attached hydrogens (tertiary/aromatic N) is 2. The summed E-state index contributed by atoms with van der Waals surface area (Å²) in [6, 6.07) is 7.17. The number of hydrogen-bond acceptors (Lipinski definition) is 6. The third kappa shape index (κ3) is 4.11. The molecular formula is C16H19N3O5. The number of hydrogen-bond donors (Lipinski definition) is 1. The van der Waals surface area contributed by atoms with E-state index in [-0.39, 0.29) is 17.3 Å². The number of carbonyl (C=O) groups excluding carboxylic acids is 1. The number of rotatable bonds is 7. The molecular weight excluding hydrogens is 314 g/mol. The van der Waals surface area contributed by atoms with Crippen LogP contribution in [0.25, 0.3) is 0 Å². The Hall–Kier alpha value is -2.87. The standard InChI is InChI=1S/C16H19N3O5/c1-11(18(2)10-13-5-4-8-24-13)16(20)17-14-9-12(19(21)22)6-7-15(14)23-3/h4-9,11H,10H2,1-3H3,(H,17,20)/t11-/m0/s1. The van der Waals surface area contributed by atoms with Gasteiger partial charge in [0.2, 0.25) is 5.91 Å². The first kappa shape index (κ1) is 17.5. The first-order chi connectivity index (χ1) is 11.4. The highest BCUT2D eigenvalue weighted by Crippen LogP contribution is 2.29. The minimum Gasteiger partial charge on any atom is -0.495 e. The van der Waals surface area contributed by atoms with E-state index in [2.05, 4.69) is 5.32 Å². The zero-order valence-corrected chi connectivity index (χ0v) is 13.7. The number of benzene rings is 1. The van der Waals surface area contributed by atoms with Crippen LogP contribution in [-0.4, -0.2) is 35.9 Å². The summed E-state index contributed by atoms with van der Waals surface area (Å²) in [5.41, 5.74) is 0.137. The van der Waals surface area contributed by atoms with E-state index >= 15 is 0 Å². The number of nitro benzene ring substituents is 1. The van der Waals surface area contributed by atoms with Gasteiger partial charge >= 0.3 is 0 Å². The smallest absolute Gasteiger partial charge is 0.271 e. The van der Waals surface area contributed by atoms with E-state index in [1.165, 1.54) is 25.3 Å². The fourth-order valence-corrected chi connectivity index (χ4v) is 2.13. The van der Waals surface area contributed by atoms with Gasteiger partial charge in [-0.2, -0.15) is 0 Å². The molecule has 0 aliphatic carbocycles. The second kappa shape index (κ2) is 7.60. The van der Waals surface area contributed by atoms with Crippen LogP contribution in [0.5, 0.6) is 5.75 Å². The molecule has 2 rings (SSSR count). The molecule has 0 unspecified atom stereocenters. The fraction of sp³-hybridized carbons (Fsp3) is 0.312. The molecule has 24 heavy (non-hydrogen) atoms. The van der Waals surface area contributed by atoms with E-state index < -0.39 is 11.0 Å². The number of nitrogens with one attached hydrogen (secondary N) is 1. The zero-order chi connectivity index (χ0) is 17.7. The number of amides is 1. The highest BCUT2D eigenvalue weighted by molar-refractivity contribution is 5.96. The number of non-ortho nitro benzene ring substituents is 1. The summed E-state index contributed by atoms with van der Waals surface area (Å²) >= 11 is 0. The van der Waals surface area contributed by atoms with E-state index in [0.29, 0.717) is 12.3 Å². The molecule has 1 aromatic carbocycles. The Morgan fingerprint density at radius 1 is 1.46 bits per heavy atom. The summed E-state index contributed by atoms with van der Waals surface area (Å²) in [7, 11) is 3.22. The van der Waals surface area contributed by atoms with Gasteiger partial charge in [0, 0.05) is 12.1 Å². The van der Waals surface area contributed by atoms with Gasteiger partial charge in [-0.05, 0) is 32.2 Å². The Balaban J connectivity index is 2.10. The Morgan fingerprint density at radius 2 is 2.21 bits per heavy atom. The topological polar surface area (TPSA) is 97.8 Å². The van der Waals surface area contributed by atoms with Gasteiger partial charge in [0.1, 0.15) is 11.5 Å². The van der Waals surface area contributed by atoms with E-state index in [1.54, 1.807) is 31.2 Å². The Bertz CT molecular complexity index is 715. The first-order valence-electron chi connectivity index (χ1n) is 7.28. The van der Waals surface area contributed by atoms with Crippen molar-refractivity contribution in [2.75, 3.05) is 19.5 Å². The molecule has 8 heteroatoms. The molecule has 1 amide bonds.